The van der Waals surface area contributed by atoms with Gasteiger partial charge in [-0.1, -0.05) is 11.8 Å². The second-order valence-electron chi connectivity index (χ2n) is 4.50. The molecule has 1 atom stereocenters. The molecular formula is C14H17NO4S. The summed E-state index contributed by atoms with van der Waals surface area (Å²) in [5.74, 6) is 5.19. The van der Waals surface area contributed by atoms with E-state index >= 15 is 0 Å². The van der Waals surface area contributed by atoms with Crippen LogP contribution in [0.25, 0.3) is 0 Å². The van der Waals surface area contributed by atoms with Gasteiger partial charge < -0.3 is 19.9 Å². The van der Waals surface area contributed by atoms with E-state index in [0.717, 1.165) is 11.3 Å². The van der Waals surface area contributed by atoms with Crippen molar-refractivity contribution in [3.05, 3.63) is 21.9 Å². The van der Waals surface area contributed by atoms with Gasteiger partial charge in [0.05, 0.1) is 16.4 Å². The molecule has 2 heterocycles. The van der Waals surface area contributed by atoms with E-state index in [9.17, 15) is 4.79 Å². The van der Waals surface area contributed by atoms with Gasteiger partial charge in [-0.25, -0.2) is 0 Å². The Morgan fingerprint density at radius 3 is 3.15 bits per heavy atom. The number of rotatable bonds is 4. The van der Waals surface area contributed by atoms with Crippen LogP contribution in [0.2, 0.25) is 0 Å². The van der Waals surface area contributed by atoms with Gasteiger partial charge in [0, 0.05) is 26.7 Å². The van der Waals surface area contributed by atoms with Crippen molar-refractivity contribution in [3.63, 3.8) is 0 Å². The van der Waals surface area contributed by atoms with Crippen LogP contribution < -0.4 is 5.32 Å². The molecule has 1 unspecified atom stereocenters. The Labute approximate surface area is 121 Å². The molecule has 5 nitrogen and oxygen atoms in total. The average Bonchev–Trinajstić information content (AvgIpc) is 3.12. The van der Waals surface area contributed by atoms with Gasteiger partial charge in [-0.15, -0.1) is 11.3 Å². The second-order valence-corrected chi connectivity index (χ2v) is 5.58. The minimum atomic E-state index is -0.410. The van der Waals surface area contributed by atoms with Crippen molar-refractivity contribution in [3.8, 4) is 11.8 Å². The fraction of sp³-hybridized carbons (Fsp3) is 0.500. The molecule has 1 amide bonds. The lowest BCUT2D eigenvalue weighted by molar-refractivity contribution is -0.0148. The number of hydrogen-bond donors (Lipinski definition) is 2. The Morgan fingerprint density at radius 2 is 2.50 bits per heavy atom. The van der Waals surface area contributed by atoms with Crippen LogP contribution >= 0.6 is 11.3 Å². The van der Waals surface area contributed by atoms with Crippen molar-refractivity contribution < 1.29 is 19.4 Å². The smallest absolute Gasteiger partial charge is 0.261 e. The zero-order valence-electron chi connectivity index (χ0n) is 11.3. The summed E-state index contributed by atoms with van der Waals surface area (Å²) in [6.45, 7) is 1.40. The first-order chi connectivity index (χ1) is 9.69. The Morgan fingerprint density at radius 1 is 1.65 bits per heavy atom. The lowest BCUT2D eigenvalue weighted by Gasteiger charge is -2.25. The van der Waals surface area contributed by atoms with E-state index in [-0.39, 0.29) is 12.5 Å². The molecule has 1 fully saturated rings. The van der Waals surface area contributed by atoms with Crippen molar-refractivity contribution in [1.29, 1.82) is 0 Å². The predicted molar refractivity (Wildman–Crippen MR) is 75.8 cm³/mol. The van der Waals surface area contributed by atoms with E-state index in [2.05, 4.69) is 17.2 Å². The third-order valence-electron chi connectivity index (χ3n) is 3.19. The number of aliphatic hydroxyl groups excluding tert-OH is 1. The summed E-state index contributed by atoms with van der Waals surface area (Å²) in [5.41, 5.74) is -0.410. The summed E-state index contributed by atoms with van der Waals surface area (Å²) in [5, 5.41) is 11.5. The average molecular weight is 295 g/mol. The number of carbonyl (C=O) groups is 1. The molecule has 2 rings (SSSR count). The normalized spacial score (nSPS) is 21.3. The summed E-state index contributed by atoms with van der Waals surface area (Å²) in [4.78, 5) is 13.4. The molecule has 0 radical (unpaired) electrons. The number of aliphatic hydroxyl groups is 1. The van der Waals surface area contributed by atoms with Gasteiger partial charge >= 0.3 is 0 Å². The highest BCUT2D eigenvalue weighted by Crippen LogP contribution is 2.22. The lowest BCUT2D eigenvalue weighted by atomic mass is 10.0. The molecular weight excluding hydrogens is 278 g/mol. The number of ether oxygens (including phenoxy) is 2. The molecule has 0 bridgehead atoms. The van der Waals surface area contributed by atoms with Crippen LogP contribution in [0.5, 0.6) is 0 Å². The first-order valence-electron chi connectivity index (χ1n) is 6.30. The van der Waals surface area contributed by atoms with Gasteiger partial charge in [0.1, 0.15) is 12.2 Å². The van der Waals surface area contributed by atoms with E-state index in [4.69, 9.17) is 14.6 Å². The zero-order valence-corrected chi connectivity index (χ0v) is 12.1. The molecule has 0 spiro atoms. The number of carbonyl (C=O) groups excluding carboxylic acids is 1. The predicted octanol–water partition coefficient (Wildman–Crippen LogP) is 0.627. The molecule has 0 aromatic carbocycles. The van der Waals surface area contributed by atoms with Crippen LogP contribution in [0.15, 0.2) is 12.1 Å². The summed E-state index contributed by atoms with van der Waals surface area (Å²) in [6, 6.07) is 3.50. The second kappa shape index (κ2) is 6.86. The van der Waals surface area contributed by atoms with E-state index in [1.54, 1.807) is 19.2 Å². The maximum atomic E-state index is 12.1. The highest BCUT2D eigenvalue weighted by Gasteiger charge is 2.35. The Balaban J connectivity index is 1.93. The fourth-order valence-electron chi connectivity index (χ4n) is 1.94. The number of methoxy groups -OCH3 is 1. The zero-order chi connectivity index (χ0) is 14.4. The summed E-state index contributed by atoms with van der Waals surface area (Å²) >= 11 is 1.30. The van der Waals surface area contributed by atoms with Gasteiger partial charge in [-0.05, 0) is 12.1 Å². The van der Waals surface area contributed by atoms with Crippen LogP contribution in [0.3, 0.4) is 0 Å². The maximum absolute atomic E-state index is 12.1. The quantitative estimate of drug-likeness (QED) is 0.800. The summed E-state index contributed by atoms with van der Waals surface area (Å²) < 4.78 is 10.8. The number of hydrogen-bond acceptors (Lipinski definition) is 5. The molecule has 1 aliphatic rings. The lowest BCUT2D eigenvalue weighted by Crippen LogP contribution is -2.44. The van der Waals surface area contributed by atoms with Gasteiger partial charge in [0.25, 0.3) is 5.91 Å². The molecule has 1 aliphatic heterocycles. The highest BCUT2D eigenvalue weighted by molar-refractivity contribution is 7.14. The van der Waals surface area contributed by atoms with E-state index < -0.39 is 5.60 Å². The minimum absolute atomic E-state index is 0.143. The van der Waals surface area contributed by atoms with Crippen LogP contribution in [0.4, 0.5) is 0 Å². The highest BCUT2D eigenvalue weighted by atomic mass is 32.1. The molecule has 6 heteroatoms. The molecule has 1 aromatic rings. The van der Waals surface area contributed by atoms with Crippen LogP contribution in [0, 0.1) is 11.8 Å². The van der Waals surface area contributed by atoms with Crippen LogP contribution in [-0.2, 0) is 9.47 Å². The third-order valence-corrected chi connectivity index (χ3v) is 4.19. The molecule has 0 saturated carbocycles. The molecule has 108 valence electrons. The third kappa shape index (κ3) is 3.58. The molecule has 2 N–H and O–H groups in total. The van der Waals surface area contributed by atoms with E-state index in [1.807, 2.05) is 0 Å². The topological polar surface area (TPSA) is 67.8 Å². The molecule has 0 aliphatic carbocycles. The van der Waals surface area contributed by atoms with Crippen molar-refractivity contribution >= 4 is 17.2 Å². The molecule has 20 heavy (non-hydrogen) atoms. The van der Waals surface area contributed by atoms with Crippen LogP contribution in [0.1, 0.15) is 21.0 Å². The van der Waals surface area contributed by atoms with E-state index in [0.29, 0.717) is 24.6 Å². The largest absolute Gasteiger partial charge is 0.384 e. The van der Waals surface area contributed by atoms with Crippen molar-refractivity contribution in [2.75, 3.05) is 33.5 Å². The standard InChI is InChI=1S/C14H17NO4S/c1-18-14(6-8-19-10-14)9-15-13(17)12-5-4-11(20-12)3-2-7-16/h4-5,16H,6-10H2,1H3,(H,15,17). The van der Waals surface area contributed by atoms with Crippen LogP contribution in [-0.4, -0.2) is 50.1 Å². The first-order valence-corrected chi connectivity index (χ1v) is 7.11. The SMILES string of the molecule is COC1(CNC(=O)c2ccc(C#CCO)s2)CCOC1. The molecule has 1 saturated heterocycles. The number of amides is 1. The van der Waals surface area contributed by atoms with Gasteiger partial charge in [0.2, 0.25) is 0 Å². The Kier molecular flexibility index (Phi) is 5.15. The maximum Gasteiger partial charge on any atom is 0.261 e. The Hall–Kier alpha value is -1.39. The van der Waals surface area contributed by atoms with Crippen molar-refractivity contribution in [2.45, 2.75) is 12.0 Å². The summed E-state index contributed by atoms with van der Waals surface area (Å²) in [6.07, 6.45) is 0.779. The van der Waals surface area contributed by atoms with Gasteiger partial charge in [-0.2, -0.15) is 0 Å². The van der Waals surface area contributed by atoms with Gasteiger partial charge in [-0.3, -0.25) is 4.79 Å². The minimum Gasteiger partial charge on any atom is -0.384 e. The monoisotopic (exact) mass is 295 g/mol. The number of nitrogens with one attached hydrogen (secondary N) is 1. The first kappa shape index (κ1) is 15.0. The summed E-state index contributed by atoms with van der Waals surface area (Å²) in [7, 11) is 1.63. The fourth-order valence-corrected chi connectivity index (χ4v) is 2.74. The number of thiophene rings is 1. The molecule has 1 aromatic heterocycles. The van der Waals surface area contributed by atoms with E-state index in [1.165, 1.54) is 11.3 Å². The van der Waals surface area contributed by atoms with Gasteiger partial charge in [0.15, 0.2) is 0 Å². The van der Waals surface area contributed by atoms with Crippen molar-refractivity contribution in [2.24, 2.45) is 0 Å². The Bertz CT molecular complexity index is 523. The van der Waals surface area contributed by atoms with Crippen molar-refractivity contribution in [1.82, 2.24) is 5.32 Å².